The fraction of sp³-hybridized carbons (Fsp3) is 0.455. The number of nitrogens with one attached hydrogen (secondary N) is 1. The second kappa shape index (κ2) is 15.2. The van der Waals surface area contributed by atoms with E-state index >= 15 is 0 Å². The molecule has 0 amide bonds. The number of hydrogen-bond acceptors (Lipinski definition) is 13. The molecule has 5 heterocycles. The molecule has 1 atom stereocenters. The summed E-state index contributed by atoms with van der Waals surface area (Å²) in [5, 5.41) is 33.4. The summed E-state index contributed by atoms with van der Waals surface area (Å²) in [7, 11) is 0. The molecule has 2 aliphatic rings. The summed E-state index contributed by atoms with van der Waals surface area (Å²) in [4.78, 5) is 11.8. The highest BCUT2D eigenvalue weighted by Gasteiger charge is 2.29. The van der Waals surface area contributed by atoms with E-state index in [0.717, 1.165) is 63.1 Å². The number of anilines is 2. The molecule has 16 heteroatoms. The lowest BCUT2D eigenvalue weighted by molar-refractivity contribution is 0.00503. The Morgan fingerprint density at radius 2 is 1.88 bits per heavy atom. The number of nitriles is 1. The summed E-state index contributed by atoms with van der Waals surface area (Å²) in [5.41, 5.74) is 2.72. The Labute approximate surface area is 283 Å². The van der Waals surface area contributed by atoms with Crippen LogP contribution in [0, 0.1) is 11.3 Å². The Kier molecular flexibility index (Phi) is 9.99. The smallest absolute Gasteiger partial charge is 0.257 e. The minimum absolute atomic E-state index is 0.273. The number of nitrogens with zero attached hydrogens (tertiary/aromatic N) is 12. The molecule has 0 spiro atoms. The van der Waals surface area contributed by atoms with Crippen LogP contribution in [0.25, 0.3) is 11.1 Å². The molecule has 16 nitrogen and oxygen atoms in total. The lowest BCUT2D eigenvalue weighted by Gasteiger charge is -2.38. The molecular formula is C33H39N13O3. The topological polar surface area (TPSA) is 172 Å². The van der Waals surface area contributed by atoms with Crippen molar-refractivity contribution in [3.05, 3.63) is 67.1 Å². The summed E-state index contributed by atoms with van der Waals surface area (Å²) >= 11 is 0. The largest absolute Gasteiger partial charge is 0.487 e. The van der Waals surface area contributed by atoms with Gasteiger partial charge in [-0.15, -0.1) is 10.2 Å². The third-order valence-electron chi connectivity index (χ3n) is 8.92. The molecule has 49 heavy (non-hydrogen) atoms. The lowest BCUT2D eigenvalue weighted by atomic mass is 9.90. The van der Waals surface area contributed by atoms with Crippen LogP contribution in [0.2, 0.25) is 0 Å². The van der Waals surface area contributed by atoms with Crippen molar-refractivity contribution in [2.75, 3.05) is 38.2 Å². The fourth-order valence-electron chi connectivity index (χ4n) is 6.39. The van der Waals surface area contributed by atoms with Crippen LogP contribution in [0.1, 0.15) is 44.2 Å². The predicted molar refractivity (Wildman–Crippen MR) is 177 cm³/mol. The standard InChI is InChI=1S/C33H39N13O3/c1-24(21-45-23-37-41-42-45)49-31-17-25(3-4-26(31)18-34)27-19-35-33(36-20-27)39-30-22-46(40-32(30)48-16-13-44-10-2-9-38-44)29-7-5-28(6-8-29)43-11-14-47-15-12-43/h2-4,9-10,17,19-20,22-24,28-29H,5-8,11-16,21H2,1H3,(H,35,36,39)/t24-,28?,29?/m0/s1. The zero-order valence-corrected chi connectivity index (χ0v) is 27.4. The quantitative estimate of drug-likeness (QED) is 0.194. The van der Waals surface area contributed by atoms with Crippen LogP contribution in [-0.4, -0.2) is 99.7 Å². The van der Waals surface area contributed by atoms with E-state index in [2.05, 4.69) is 46.9 Å². The van der Waals surface area contributed by atoms with Gasteiger partial charge in [-0.2, -0.15) is 10.4 Å². The van der Waals surface area contributed by atoms with Crippen molar-refractivity contribution in [1.82, 2.24) is 54.6 Å². The molecular weight excluding hydrogens is 626 g/mol. The van der Waals surface area contributed by atoms with Gasteiger partial charge in [0.05, 0.1) is 44.1 Å². The van der Waals surface area contributed by atoms with Gasteiger partial charge in [-0.1, -0.05) is 6.07 Å². The average molecular weight is 666 g/mol. The Morgan fingerprint density at radius 3 is 2.61 bits per heavy atom. The van der Waals surface area contributed by atoms with Crippen molar-refractivity contribution >= 4 is 11.6 Å². The van der Waals surface area contributed by atoms with Gasteiger partial charge in [0.2, 0.25) is 5.95 Å². The summed E-state index contributed by atoms with van der Waals surface area (Å²) in [6.07, 6.45) is 14.7. The number of tetrazole rings is 1. The average Bonchev–Trinajstić information content (AvgIpc) is 3.93. The number of rotatable bonds is 13. The van der Waals surface area contributed by atoms with E-state index in [4.69, 9.17) is 19.3 Å². The molecule has 1 aliphatic heterocycles. The van der Waals surface area contributed by atoms with Crippen LogP contribution in [0.4, 0.5) is 11.6 Å². The maximum Gasteiger partial charge on any atom is 0.257 e. The second-order valence-electron chi connectivity index (χ2n) is 12.3. The summed E-state index contributed by atoms with van der Waals surface area (Å²) in [6.45, 7) is 7.02. The van der Waals surface area contributed by atoms with Gasteiger partial charge in [-0.3, -0.25) is 14.3 Å². The predicted octanol–water partition coefficient (Wildman–Crippen LogP) is 3.50. The Hall–Kier alpha value is -5.40. The first-order valence-electron chi connectivity index (χ1n) is 16.6. The number of morpholine rings is 1. The molecule has 0 radical (unpaired) electrons. The highest BCUT2D eigenvalue weighted by Crippen LogP contribution is 2.35. The van der Waals surface area contributed by atoms with Crippen LogP contribution < -0.4 is 14.8 Å². The second-order valence-corrected chi connectivity index (χ2v) is 12.3. The molecule has 1 saturated carbocycles. The first kappa shape index (κ1) is 32.2. The van der Waals surface area contributed by atoms with Crippen molar-refractivity contribution in [3.63, 3.8) is 0 Å². The monoisotopic (exact) mass is 665 g/mol. The number of benzene rings is 1. The van der Waals surface area contributed by atoms with Gasteiger partial charge >= 0.3 is 0 Å². The molecule has 4 aromatic heterocycles. The molecule has 254 valence electrons. The van der Waals surface area contributed by atoms with E-state index in [0.29, 0.717) is 54.6 Å². The van der Waals surface area contributed by atoms with Gasteiger partial charge < -0.3 is 19.5 Å². The molecule has 7 rings (SSSR count). The minimum atomic E-state index is -0.273. The Balaban J connectivity index is 1.04. The molecule has 5 aromatic rings. The van der Waals surface area contributed by atoms with E-state index < -0.39 is 0 Å². The summed E-state index contributed by atoms with van der Waals surface area (Å²) in [6, 6.07) is 10.4. The van der Waals surface area contributed by atoms with Crippen LogP contribution >= 0.6 is 0 Å². The lowest BCUT2D eigenvalue weighted by Crippen LogP contribution is -2.45. The van der Waals surface area contributed by atoms with E-state index in [1.807, 2.05) is 46.9 Å². The SMILES string of the molecule is C[C@@H](Cn1cnnn1)Oc1cc(-c2cnc(Nc3cn(C4CCC(N5CCOCC5)CC4)nc3OCCn3cccn3)nc2)ccc1C#N. The number of aromatic nitrogens is 10. The summed E-state index contributed by atoms with van der Waals surface area (Å²) in [5.74, 6) is 1.38. The molecule has 1 N–H and O–H groups in total. The third kappa shape index (κ3) is 8.02. The molecule has 0 bridgehead atoms. The molecule has 1 aliphatic carbocycles. The molecule has 1 saturated heterocycles. The number of ether oxygens (including phenoxy) is 3. The van der Waals surface area contributed by atoms with Crippen molar-refractivity contribution in [3.8, 4) is 28.8 Å². The molecule has 2 fully saturated rings. The highest BCUT2D eigenvalue weighted by atomic mass is 16.5. The van der Waals surface area contributed by atoms with Gasteiger partial charge in [0.15, 0.2) is 0 Å². The number of hydrogen-bond donors (Lipinski definition) is 1. The first-order chi connectivity index (χ1) is 24.1. The minimum Gasteiger partial charge on any atom is -0.487 e. The van der Waals surface area contributed by atoms with Crippen molar-refractivity contribution in [2.45, 2.75) is 63.9 Å². The van der Waals surface area contributed by atoms with Gasteiger partial charge in [0, 0.05) is 49.5 Å². The Morgan fingerprint density at radius 1 is 1.06 bits per heavy atom. The zero-order chi connectivity index (χ0) is 33.4. The molecule has 0 unspecified atom stereocenters. The fourth-order valence-corrected chi connectivity index (χ4v) is 6.39. The van der Waals surface area contributed by atoms with Crippen LogP contribution in [0.3, 0.4) is 0 Å². The van der Waals surface area contributed by atoms with Gasteiger partial charge in [-0.05, 0) is 66.8 Å². The van der Waals surface area contributed by atoms with Gasteiger partial charge in [-0.25, -0.2) is 14.6 Å². The highest BCUT2D eigenvalue weighted by molar-refractivity contribution is 5.67. The maximum atomic E-state index is 9.67. The Bertz CT molecular complexity index is 1810. The van der Waals surface area contributed by atoms with Crippen molar-refractivity contribution in [1.29, 1.82) is 5.26 Å². The van der Waals surface area contributed by atoms with Crippen LogP contribution in [0.15, 0.2) is 61.6 Å². The molecule has 1 aromatic carbocycles. The van der Waals surface area contributed by atoms with E-state index in [1.165, 1.54) is 6.33 Å². The zero-order valence-electron chi connectivity index (χ0n) is 27.4. The van der Waals surface area contributed by atoms with Crippen molar-refractivity contribution in [2.24, 2.45) is 0 Å². The third-order valence-corrected chi connectivity index (χ3v) is 8.92. The van der Waals surface area contributed by atoms with Crippen LogP contribution in [0.5, 0.6) is 11.6 Å². The van der Waals surface area contributed by atoms with Gasteiger partial charge in [0.1, 0.15) is 36.5 Å². The van der Waals surface area contributed by atoms with Gasteiger partial charge in [0.25, 0.3) is 5.88 Å². The summed E-state index contributed by atoms with van der Waals surface area (Å²) < 4.78 is 23.3. The van der Waals surface area contributed by atoms with Crippen LogP contribution in [-0.2, 0) is 17.8 Å². The van der Waals surface area contributed by atoms with E-state index in [-0.39, 0.29) is 12.1 Å². The van der Waals surface area contributed by atoms with E-state index in [1.54, 1.807) is 29.3 Å². The first-order valence-corrected chi connectivity index (χ1v) is 16.6. The maximum absolute atomic E-state index is 9.67. The van der Waals surface area contributed by atoms with E-state index in [9.17, 15) is 5.26 Å². The normalized spacial score (nSPS) is 18.9. The van der Waals surface area contributed by atoms with Crippen molar-refractivity contribution < 1.29 is 14.2 Å².